The molecule has 0 saturated heterocycles. The minimum atomic E-state index is -0.0717. The molecular weight excluding hydrogens is 309 g/mol. The van der Waals surface area contributed by atoms with E-state index in [1.165, 1.54) is 0 Å². The largest absolute Gasteiger partial charge is 0.494 e. The lowest BCUT2D eigenvalue weighted by atomic mass is 10.1. The lowest BCUT2D eigenvalue weighted by Gasteiger charge is -2.13. The van der Waals surface area contributed by atoms with Gasteiger partial charge in [-0.05, 0) is 37.3 Å². The number of nitrogens with one attached hydrogen (secondary N) is 1. The Kier molecular flexibility index (Phi) is 5.74. The van der Waals surface area contributed by atoms with Gasteiger partial charge in [0.05, 0.1) is 13.2 Å². The lowest BCUT2D eigenvalue weighted by molar-refractivity contribution is 0.267. The topological polar surface area (TPSA) is 41.5 Å². The first-order valence-corrected chi connectivity index (χ1v) is 7.44. The van der Waals surface area contributed by atoms with E-state index in [2.05, 4.69) is 5.32 Å². The van der Waals surface area contributed by atoms with Crippen molar-refractivity contribution in [3.63, 3.8) is 0 Å². The molecule has 2 rings (SSSR count). The summed E-state index contributed by atoms with van der Waals surface area (Å²) in [6.07, 6.45) is 0. The van der Waals surface area contributed by atoms with Crippen LogP contribution in [0.2, 0.25) is 10.0 Å². The predicted molar refractivity (Wildman–Crippen MR) is 87.3 cm³/mol. The number of hydrogen-bond acceptors (Lipinski definition) is 3. The zero-order valence-corrected chi connectivity index (χ0v) is 13.2. The number of rotatable bonds is 6. The lowest BCUT2D eigenvalue weighted by Crippen LogP contribution is -2.03. The van der Waals surface area contributed by atoms with Crippen LogP contribution in [0, 0.1) is 0 Å². The van der Waals surface area contributed by atoms with E-state index in [0.717, 1.165) is 16.8 Å². The Morgan fingerprint density at radius 2 is 1.86 bits per heavy atom. The summed E-state index contributed by atoms with van der Waals surface area (Å²) in [7, 11) is 0. The summed E-state index contributed by atoms with van der Waals surface area (Å²) in [5.41, 5.74) is 2.46. The molecule has 0 saturated carbocycles. The van der Waals surface area contributed by atoms with E-state index in [0.29, 0.717) is 28.9 Å². The molecule has 3 nitrogen and oxygen atoms in total. The van der Waals surface area contributed by atoms with Crippen molar-refractivity contribution >= 4 is 28.9 Å². The van der Waals surface area contributed by atoms with Gasteiger partial charge in [-0.2, -0.15) is 0 Å². The molecule has 21 heavy (non-hydrogen) atoms. The smallest absolute Gasteiger partial charge is 0.124 e. The molecule has 0 aliphatic heterocycles. The van der Waals surface area contributed by atoms with Crippen LogP contribution in [-0.4, -0.2) is 11.7 Å². The molecule has 0 atom stereocenters. The highest BCUT2D eigenvalue weighted by Gasteiger charge is 2.07. The maximum Gasteiger partial charge on any atom is 0.124 e. The van der Waals surface area contributed by atoms with Gasteiger partial charge in [-0.25, -0.2) is 0 Å². The van der Waals surface area contributed by atoms with Crippen LogP contribution in [0.1, 0.15) is 18.1 Å². The van der Waals surface area contributed by atoms with Gasteiger partial charge >= 0.3 is 0 Å². The molecule has 0 heterocycles. The van der Waals surface area contributed by atoms with E-state index in [1.54, 1.807) is 0 Å². The zero-order valence-electron chi connectivity index (χ0n) is 11.7. The van der Waals surface area contributed by atoms with Crippen LogP contribution in [-0.2, 0) is 13.2 Å². The molecule has 0 spiro atoms. The van der Waals surface area contributed by atoms with Gasteiger partial charge in [0.15, 0.2) is 0 Å². The molecule has 0 aromatic heterocycles. The number of anilines is 1. The van der Waals surface area contributed by atoms with E-state index < -0.39 is 0 Å². The second-order valence-corrected chi connectivity index (χ2v) is 5.28. The first kappa shape index (κ1) is 16.0. The maximum atomic E-state index is 9.39. The van der Waals surface area contributed by atoms with Crippen LogP contribution in [0.15, 0.2) is 36.4 Å². The maximum absolute atomic E-state index is 9.39. The molecule has 2 aromatic rings. The highest BCUT2D eigenvalue weighted by atomic mass is 35.5. The van der Waals surface area contributed by atoms with Crippen LogP contribution in [0.4, 0.5) is 5.69 Å². The molecule has 112 valence electrons. The highest BCUT2D eigenvalue weighted by Crippen LogP contribution is 2.27. The monoisotopic (exact) mass is 325 g/mol. The molecule has 0 radical (unpaired) electrons. The predicted octanol–water partition coefficient (Wildman–Crippen LogP) is 4.50. The molecule has 0 aliphatic carbocycles. The van der Waals surface area contributed by atoms with Gasteiger partial charge in [0.1, 0.15) is 5.75 Å². The fraction of sp³-hybridized carbons (Fsp3) is 0.250. The van der Waals surface area contributed by atoms with Crippen molar-refractivity contribution in [3.8, 4) is 5.75 Å². The Hall–Kier alpha value is -1.42. The Bertz CT molecular complexity index is 597. The minimum absolute atomic E-state index is 0.0717. The van der Waals surface area contributed by atoms with Gasteiger partial charge in [0.2, 0.25) is 0 Å². The third-order valence-electron chi connectivity index (χ3n) is 3.06. The summed E-state index contributed by atoms with van der Waals surface area (Å²) < 4.78 is 5.45. The summed E-state index contributed by atoms with van der Waals surface area (Å²) >= 11 is 12.3. The quantitative estimate of drug-likeness (QED) is 0.821. The Balaban J connectivity index is 2.13. The van der Waals surface area contributed by atoms with Crippen molar-refractivity contribution in [3.05, 3.63) is 57.6 Å². The summed E-state index contributed by atoms with van der Waals surface area (Å²) in [6.45, 7) is 2.91. The van der Waals surface area contributed by atoms with Gasteiger partial charge in [-0.15, -0.1) is 0 Å². The number of aliphatic hydroxyl groups excluding tert-OH is 1. The Morgan fingerprint density at radius 1 is 1.14 bits per heavy atom. The molecule has 2 N–H and O–H groups in total. The second kappa shape index (κ2) is 7.55. The first-order chi connectivity index (χ1) is 10.2. The third-order valence-corrected chi connectivity index (χ3v) is 3.77. The van der Waals surface area contributed by atoms with Gasteiger partial charge in [0.25, 0.3) is 0 Å². The fourth-order valence-corrected chi connectivity index (χ4v) is 2.53. The van der Waals surface area contributed by atoms with Gasteiger partial charge in [-0.1, -0.05) is 29.3 Å². The molecule has 0 fully saturated rings. The summed E-state index contributed by atoms with van der Waals surface area (Å²) in [6, 6.07) is 11.0. The Morgan fingerprint density at radius 3 is 2.48 bits per heavy atom. The number of benzene rings is 2. The van der Waals surface area contributed by atoms with Crippen LogP contribution >= 0.6 is 23.2 Å². The van der Waals surface area contributed by atoms with E-state index in [1.807, 2.05) is 43.3 Å². The SMILES string of the molecule is CCOc1ccc(NCc2c(Cl)cccc2Cl)cc1CO. The standard InChI is InChI=1S/C16H17Cl2NO2/c1-2-21-16-7-6-12(8-11(16)10-20)19-9-13-14(17)4-3-5-15(13)18/h3-8,19-20H,2,9-10H2,1H3. The van der Waals surface area contributed by atoms with Crippen LogP contribution in [0.3, 0.4) is 0 Å². The molecular formula is C16H17Cl2NO2. The van der Waals surface area contributed by atoms with Crippen molar-refractivity contribution in [2.45, 2.75) is 20.1 Å². The highest BCUT2D eigenvalue weighted by molar-refractivity contribution is 6.36. The van der Waals surface area contributed by atoms with Crippen molar-refractivity contribution in [1.29, 1.82) is 0 Å². The number of ether oxygens (including phenoxy) is 1. The molecule has 0 aliphatic rings. The van der Waals surface area contributed by atoms with E-state index in [-0.39, 0.29) is 6.61 Å². The number of hydrogen-bond donors (Lipinski definition) is 2. The van der Waals surface area contributed by atoms with E-state index in [4.69, 9.17) is 27.9 Å². The normalized spacial score (nSPS) is 10.5. The average Bonchev–Trinajstić information content (AvgIpc) is 2.48. The fourth-order valence-electron chi connectivity index (χ4n) is 2.00. The van der Waals surface area contributed by atoms with E-state index >= 15 is 0 Å². The van der Waals surface area contributed by atoms with Crippen LogP contribution in [0.5, 0.6) is 5.75 Å². The van der Waals surface area contributed by atoms with Crippen molar-refractivity contribution < 1.29 is 9.84 Å². The average molecular weight is 326 g/mol. The summed E-state index contributed by atoms with van der Waals surface area (Å²) in [4.78, 5) is 0. The summed E-state index contributed by atoms with van der Waals surface area (Å²) in [5.74, 6) is 0.696. The number of aliphatic hydroxyl groups is 1. The molecule has 0 amide bonds. The Labute approximate surface area is 134 Å². The molecule has 0 bridgehead atoms. The zero-order chi connectivity index (χ0) is 15.2. The van der Waals surface area contributed by atoms with Gasteiger partial charge in [-0.3, -0.25) is 0 Å². The van der Waals surface area contributed by atoms with Crippen LogP contribution < -0.4 is 10.1 Å². The van der Waals surface area contributed by atoms with Gasteiger partial charge in [0, 0.05) is 33.4 Å². The number of halogens is 2. The van der Waals surface area contributed by atoms with E-state index in [9.17, 15) is 5.11 Å². The molecule has 2 aromatic carbocycles. The summed E-state index contributed by atoms with van der Waals surface area (Å²) in [5, 5.41) is 13.9. The van der Waals surface area contributed by atoms with Crippen molar-refractivity contribution in [2.24, 2.45) is 0 Å². The molecule has 0 unspecified atom stereocenters. The second-order valence-electron chi connectivity index (χ2n) is 4.47. The minimum Gasteiger partial charge on any atom is -0.494 e. The first-order valence-electron chi connectivity index (χ1n) is 6.69. The van der Waals surface area contributed by atoms with Crippen molar-refractivity contribution in [2.75, 3.05) is 11.9 Å². The third kappa shape index (κ3) is 4.03. The van der Waals surface area contributed by atoms with Crippen molar-refractivity contribution in [1.82, 2.24) is 0 Å². The molecule has 5 heteroatoms. The van der Waals surface area contributed by atoms with Crippen LogP contribution in [0.25, 0.3) is 0 Å². The van der Waals surface area contributed by atoms with Gasteiger partial charge < -0.3 is 15.2 Å².